The van der Waals surface area contributed by atoms with Crippen LogP contribution in [0.3, 0.4) is 0 Å². The normalized spacial score (nSPS) is 44.1. The Morgan fingerprint density at radius 1 is 0.714 bits per heavy atom. The van der Waals surface area contributed by atoms with Crippen molar-refractivity contribution in [3.8, 4) is 0 Å². The first kappa shape index (κ1) is 48.4. The Bertz CT molecular complexity index is 2760. The number of piperidine rings is 2. The van der Waals surface area contributed by atoms with Crippen LogP contribution in [-0.4, -0.2) is 65.1 Å². The molecule has 14 atom stereocenters. The third-order valence-electron chi connectivity index (χ3n) is 27.7. The van der Waals surface area contributed by atoms with Gasteiger partial charge in [0.1, 0.15) is 11.2 Å². The van der Waals surface area contributed by atoms with E-state index in [-0.39, 0.29) is 35.7 Å². The van der Waals surface area contributed by atoms with Crippen molar-refractivity contribution < 1.29 is 24.2 Å². The van der Waals surface area contributed by atoms with E-state index < -0.39 is 16.4 Å². The number of rotatable bonds is 6. The second-order valence-electron chi connectivity index (χ2n) is 30.1. The number of nitrogens with zero attached hydrogens (tertiary/aromatic N) is 2. The standard InChI is InChI=1S/C69H91N3O5/c70-30-12-18-44-17-11-19-53-58(44)63(74)77-69(53)57-34-45(42-13-3-1-4-14-42)20-21-46-32-52-51(43-15-5-2-6-16-43)33-47-22-23-54-48-31-41-38-71(40-48)55(49-36-65(25-7-8-26-65)66(37-49)27-9-10-28-66)35-56(73)62-67(69)29-24-50(59(52)61(47)72(54)39-41)60(46)68(57,67)64(75)76-62/h11,17,19-21,41-43,45-46,48-49,51-52,54-55,57,59,73H,1-10,12-16,18,22-40,70H2. The van der Waals surface area contributed by atoms with E-state index in [4.69, 9.17) is 15.2 Å². The van der Waals surface area contributed by atoms with Gasteiger partial charge in [-0.3, -0.25) is 9.69 Å². The molecule has 3 N–H and O–H groups in total. The first-order chi connectivity index (χ1) is 37.7. The molecule has 9 aliphatic heterocycles. The highest BCUT2D eigenvalue weighted by Gasteiger charge is 2.94. The Morgan fingerprint density at radius 2 is 1.47 bits per heavy atom. The lowest BCUT2D eigenvalue weighted by Crippen LogP contribution is -2.78. The van der Waals surface area contributed by atoms with Gasteiger partial charge in [-0.05, 0) is 197 Å². The van der Waals surface area contributed by atoms with Crippen molar-refractivity contribution in [3.05, 3.63) is 81.0 Å². The van der Waals surface area contributed by atoms with E-state index in [0.29, 0.717) is 101 Å². The van der Waals surface area contributed by atoms with Gasteiger partial charge in [-0.2, -0.15) is 0 Å². The monoisotopic (exact) mass is 1040 g/mol. The van der Waals surface area contributed by atoms with E-state index in [2.05, 4.69) is 40.2 Å². The highest BCUT2D eigenvalue weighted by molar-refractivity contribution is 6.00. The van der Waals surface area contributed by atoms with Gasteiger partial charge in [0.25, 0.3) is 0 Å². The summed E-state index contributed by atoms with van der Waals surface area (Å²) >= 11 is 0. The molecule has 77 heavy (non-hydrogen) atoms. The number of hydrogen-bond donors (Lipinski definition) is 2. The van der Waals surface area contributed by atoms with Crippen molar-refractivity contribution in [2.45, 2.75) is 217 Å². The Morgan fingerprint density at radius 3 is 2.22 bits per heavy atom. The molecule has 5 spiro atoms. The van der Waals surface area contributed by atoms with Crippen LogP contribution in [0.2, 0.25) is 0 Å². The van der Waals surface area contributed by atoms with Gasteiger partial charge in [-0.25, -0.2) is 4.79 Å². The molecule has 14 unspecified atom stereocenters. The van der Waals surface area contributed by atoms with Crippen molar-refractivity contribution in [3.63, 3.8) is 0 Å². The summed E-state index contributed by atoms with van der Waals surface area (Å²) < 4.78 is 14.9. The van der Waals surface area contributed by atoms with Crippen molar-refractivity contribution in [2.75, 3.05) is 26.2 Å². The summed E-state index contributed by atoms with van der Waals surface area (Å²) in [6.07, 6.45) is 42.7. The summed E-state index contributed by atoms with van der Waals surface area (Å²) in [5.74, 6) is 5.15. The van der Waals surface area contributed by atoms with Crippen molar-refractivity contribution in [1.82, 2.24) is 9.80 Å². The smallest absolute Gasteiger partial charge is 0.339 e. The Balaban J connectivity index is 0.925. The molecule has 9 fully saturated rings. The molecular formula is C69H91N3O5. The molecular weight excluding hydrogens is 951 g/mol. The molecule has 12 bridgehead atoms. The van der Waals surface area contributed by atoms with Crippen LogP contribution in [0.25, 0.3) is 0 Å². The zero-order valence-corrected chi connectivity index (χ0v) is 46.7. The van der Waals surface area contributed by atoms with Gasteiger partial charge in [-0.1, -0.05) is 119 Å². The summed E-state index contributed by atoms with van der Waals surface area (Å²) in [7, 11) is 0. The number of carbonyl (C=O) groups excluding carboxylic acids is 2. The minimum atomic E-state index is -1.14. The molecule has 0 radical (unpaired) electrons. The number of hydrogen-bond acceptors (Lipinski definition) is 8. The topological polar surface area (TPSA) is 105 Å². The number of benzene rings is 1. The number of aliphatic hydroxyl groups excluding tert-OH is 1. The molecule has 1 aromatic rings. The van der Waals surface area contributed by atoms with Crippen LogP contribution in [0.4, 0.5) is 0 Å². The molecule has 9 heterocycles. The summed E-state index contributed by atoms with van der Waals surface area (Å²) in [6.45, 7) is 3.94. The number of ether oxygens (including phenoxy) is 2. The maximum absolute atomic E-state index is 16.8. The fraction of sp³-hybridized carbons (Fsp3) is 0.768. The average molecular weight is 1040 g/mol. The van der Waals surface area contributed by atoms with Crippen molar-refractivity contribution in [1.29, 1.82) is 0 Å². The fourth-order valence-corrected chi connectivity index (χ4v) is 25.4. The Hall–Kier alpha value is -3.36. The van der Waals surface area contributed by atoms with Gasteiger partial charge >= 0.3 is 11.9 Å². The van der Waals surface area contributed by atoms with Gasteiger partial charge in [-0.15, -0.1) is 0 Å². The van der Waals surface area contributed by atoms with E-state index >= 15 is 9.59 Å². The number of allylic oxidation sites excluding steroid dienone is 4. The largest absolute Gasteiger partial charge is 0.509 e. The van der Waals surface area contributed by atoms with E-state index in [1.165, 1.54) is 166 Å². The molecule has 8 heteroatoms. The summed E-state index contributed by atoms with van der Waals surface area (Å²) in [6, 6.07) is 7.27. The van der Waals surface area contributed by atoms with E-state index in [9.17, 15) is 5.11 Å². The van der Waals surface area contributed by atoms with Crippen LogP contribution >= 0.6 is 0 Å². The Kier molecular flexibility index (Phi) is 10.9. The highest BCUT2D eigenvalue weighted by atomic mass is 16.6. The minimum Gasteiger partial charge on any atom is -0.509 e. The number of fused-ring (bicyclic) bond motifs is 4. The maximum Gasteiger partial charge on any atom is 0.339 e. The number of aliphatic hydroxyl groups is 1. The summed E-state index contributed by atoms with van der Waals surface area (Å²) in [4.78, 5) is 38.4. The van der Waals surface area contributed by atoms with Crippen LogP contribution in [0.5, 0.6) is 0 Å². The van der Waals surface area contributed by atoms with E-state index in [1.807, 2.05) is 0 Å². The zero-order valence-electron chi connectivity index (χ0n) is 46.7. The number of aryl methyl sites for hydroxylation is 1. The van der Waals surface area contributed by atoms with Crippen molar-refractivity contribution >= 4 is 11.9 Å². The Labute approximate surface area is 460 Å². The molecule has 0 amide bonds. The average Bonchev–Trinajstić information content (AvgIpc) is 1.99. The van der Waals surface area contributed by atoms with Gasteiger partial charge in [0.2, 0.25) is 0 Å². The lowest BCUT2D eigenvalue weighted by atomic mass is 9.27. The number of nitrogens with two attached hydrogens (primary N) is 1. The third kappa shape index (κ3) is 6.16. The second kappa shape index (κ2) is 17.3. The second-order valence-corrected chi connectivity index (χ2v) is 30.1. The SMILES string of the molecule is NCCCc1cccc2c1C(=O)OC21C2CC(C3CCCCC3)C=CC3CC4C5C6=C3C23C(=O)OC(=C(O)CC(C2CC7(CCCC7)C7(CCCC7)C2)N2CC7CC(C2)C2CCC(=C5N2C7)CC4C2CCCCC2)C31CC6. The molecule has 6 saturated carbocycles. The number of esters is 2. The van der Waals surface area contributed by atoms with Gasteiger partial charge in [0, 0.05) is 61.2 Å². The van der Waals surface area contributed by atoms with Crippen LogP contribution in [0.1, 0.15) is 214 Å². The lowest BCUT2D eigenvalue weighted by molar-refractivity contribution is -0.282. The third-order valence-corrected chi connectivity index (χ3v) is 27.7. The lowest BCUT2D eigenvalue weighted by Gasteiger charge is -2.73. The fourth-order valence-electron chi connectivity index (χ4n) is 25.4. The van der Waals surface area contributed by atoms with Crippen molar-refractivity contribution in [2.24, 2.45) is 92.5 Å². The quantitative estimate of drug-likeness (QED) is 0.214. The predicted octanol–water partition coefficient (Wildman–Crippen LogP) is 13.9. The maximum atomic E-state index is 16.8. The summed E-state index contributed by atoms with van der Waals surface area (Å²) in [5, 5.41) is 14.0. The van der Waals surface area contributed by atoms with Gasteiger partial charge in [0.05, 0.1) is 11.0 Å². The molecule has 3 saturated heterocycles. The molecule has 10 aliphatic carbocycles. The first-order valence-corrected chi connectivity index (χ1v) is 33.1. The van der Waals surface area contributed by atoms with E-state index in [0.717, 1.165) is 55.8 Å². The molecule has 412 valence electrons. The van der Waals surface area contributed by atoms with Crippen LogP contribution < -0.4 is 5.73 Å². The van der Waals surface area contributed by atoms with Crippen LogP contribution in [-0.2, 0) is 26.3 Å². The highest BCUT2D eigenvalue weighted by Crippen LogP contribution is 2.88. The van der Waals surface area contributed by atoms with Gasteiger partial charge < -0.3 is 25.2 Å². The van der Waals surface area contributed by atoms with Crippen LogP contribution in [0, 0.1) is 86.8 Å². The first-order valence-electron chi connectivity index (χ1n) is 33.1. The van der Waals surface area contributed by atoms with Crippen LogP contribution in [0.15, 0.2) is 64.3 Å². The number of carbonyl (C=O) groups is 2. The molecule has 8 nitrogen and oxygen atoms in total. The molecule has 0 aromatic heterocycles. The summed E-state index contributed by atoms with van der Waals surface area (Å²) in [5.41, 5.74) is 13.1. The molecule has 20 rings (SSSR count). The minimum absolute atomic E-state index is 0.117. The molecule has 19 aliphatic rings. The zero-order chi connectivity index (χ0) is 51.2. The van der Waals surface area contributed by atoms with E-state index in [1.54, 1.807) is 16.8 Å². The predicted molar refractivity (Wildman–Crippen MR) is 298 cm³/mol. The molecule has 1 aromatic carbocycles. The van der Waals surface area contributed by atoms with Gasteiger partial charge in [0.15, 0.2) is 11.4 Å².